The summed E-state index contributed by atoms with van der Waals surface area (Å²) in [4.78, 5) is 10.7. The average molecular weight is 225 g/mol. The molecule has 4 nitrogen and oxygen atoms in total. The van der Waals surface area contributed by atoms with Crippen LogP contribution in [0.3, 0.4) is 0 Å². The third-order valence-corrected chi connectivity index (χ3v) is 2.78. The number of ether oxygens (including phenoxy) is 1. The molecule has 0 aliphatic carbocycles. The van der Waals surface area contributed by atoms with Crippen LogP contribution in [0, 0.1) is 13.8 Å². The van der Waals surface area contributed by atoms with Gasteiger partial charge in [0.25, 0.3) is 0 Å². The zero-order chi connectivity index (χ0) is 12.3. The molecule has 0 saturated carbocycles. The van der Waals surface area contributed by atoms with Crippen LogP contribution in [-0.4, -0.2) is 29.4 Å². The molecular formula is C12H19NO3. The van der Waals surface area contributed by atoms with Gasteiger partial charge < -0.3 is 14.4 Å². The van der Waals surface area contributed by atoms with Crippen LogP contribution in [-0.2, 0) is 16.0 Å². The van der Waals surface area contributed by atoms with Crippen molar-refractivity contribution in [1.82, 2.24) is 4.57 Å². The van der Waals surface area contributed by atoms with E-state index >= 15 is 0 Å². The number of methoxy groups -OCH3 is 1. The van der Waals surface area contributed by atoms with E-state index in [4.69, 9.17) is 9.84 Å². The lowest BCUT2D eigenvalue weighted by Crippen LogP contribution is -2.14. The highest BCUT2D eigenvalue weighted by Gasteiger charge is 2.15. The molecule has 1 atom stereocenters. The second kappa shape index (κ2) is 5.16. The number of nitrogens with zero attached hydrogens (tertiary/aromatic N) is 1. The predicted octanol–water partition coefficient (Wildman–Crippen LogP) is 1.94. The van der Waals surface area contributed by atoms with E-state index in [1.165, 1.54) is 0 Å². The second-order valence-electron chi connectivity index (χ2n) is 4.14. The molecule has 0 radical (unpaired) electrons. The first-order valence-corrected chi connectivity index (χ1v) is 5.35. The Morgan fingerprint density at radius 1 is 1.56 bits per heavy atom. The lowest BCUT2D eigenvalue weighted by molar-refractivity contribution is -0.136. The highest BCUT2D eigenvalue weighted by Crippen LogP contribution is 2.21. The fraction of sp³-hybridized carbons (Fsp3) is 0.583. The quantitative estimate of drug-likeness (QED) is 0.833. The minimum Gasteiger partial charge on any atom is -0.481 e. The summed E-state index contributed by atoms with van der Waals surface area (Å²) in [6, 6.07) is 2.17. The Kier molecular flexibility index (Phi) is 4.12. The number of rotatable bonds is 5. The maximum atomic E-state index is 10.7. The molecule has 4 heteroatoms. The highest BCUT2D eigenvalue weighted by atomic mass is 16.5. The lowest BCUT2D eigenvalue weighted by atomic mass is 10.2. The van der Waals surface area contributed by atoms with Gasteiger partial charge in [-0.25, -0.2) is 0 Å². The van der Waals surface area contributed by atoms with E-state index in [2.05, 4.69) is 11.5 Å². The summed E-state index contributed by atoms with van der Waals surface area (Å²) < 4.78 is 7.25. The van der Waals surface area contributed by atoms with Crippen molar-refractivity contribution in [3.63, 3.8) is 0 Å². The zero-order valence-corrected chi connectivity index (χ0v) is 10.3. The van der Waals surface area contributed by atoms with Crippen LogP contribution in [0.1, 0.15) is 29.9 Å². The molecule has 1 rings (SSSR count). The maximum absolute atomic E-state index is 10.7. The van der Waals surface area contributed by atoms with Gasteiger partial charge in [0.15, 0.2) is 0 Å². The second-order valence-corrected chi connectivity index (χ2v) is 4.14. The largest absolute Gasteiger partial charge is 0.481 e. The SMILES string of the molecule is COCC(C)n1c(C)cc(CC(=O)O)c1C. The van der Waals surface area contributed by atoms with Crippen LogP contribution < -0.4 is 0 Å². The molecule has 16 heavy (non-hydrogen) atoms. The Balaban J connectivity index is 3.01. The standard InChI is InChI=1S/C12H19NO3/c1-8-5-11(6-12(14)15)10(3)13(8)9(2)7-16-4/h5,9H,6-7H2,1-4H3,(H,14,15). The first-order valence-electron chi connectivity index (χ1n) is 5.35. The van der Waals surface area contributed by atoms with Crippen molar-refractivity contribution < 1.29 is 14.6 Å². The Labute approximate surface area is 95.8 Å². The van der Waals surface area contributed by atoms with Gasteiger partial charge in [-0.15, -0.1) is 0 Å². The van der Waals surface area contributed by atoms with Crippen LogP contribution in [0.5, 0.6) is 0 Å². The Morgan fingerprint density at radius 2 is 2.19 bits per heavy atom. The predicted molar refractivity (Wildman–Crippen MR) is 61.8 cm³/mol. The van der Waals surface area contributed by atoms with Gasteiger partial charge in [0, 0.05) is 18.5 Å². The topological polar surface area (TPSA) is 51.5 Å². The van der Waals surface area contributed by atoms with E-state index in [-0.39, 0.29) is 12.5 Å². The molecule has 0 spiro atoms. The minimum atomic E-state index is -0.792. The highest BCUT2D eigenvalue weighted by molar-refractivity contribution is 5.70. The summed E-state index contributed by atoms with van der Waals surface area (Å²) in [5.74, 6) is -0.792. The molecule has 0 aliphatic rings. The van der Waals surface area contributed by atoms with Crippen molar-refractivity contribution in [3.05, 3.63) is 23.0 Å². The van der Waals surface area contributed by atoms with Crippen molar-refractivity contribution in [2.24, 2.45) is 0 Å². The summed E-state index contributed by atoms with van der Waals surface area (Å²) in [5.41, 5.74) is 2.98. The molecule has 0 bridgehead atoms. The van der Waals surface area contributed by atoms with E-state index < -0.39 is 5.97 Å². The molecular weight excluding hydrogens is 206 g/mol. The summed E-state index contributed by atoms with van der Waals surface area (Å²) in [6.45, 7) is 6.64. The van der Waals surface area contributed by atoms with E-state index in [1.54, 1.807) is 7.11 Å². The molecule has 90 valence electrons. The summed E-state index contributed by atoms with van der Waals surface area (Å²) >= 11 is 0. The van der Waals surface area contributed by atoms with Gasteiger partial charge in [-0.05, 0) is 32.4 Å². The molecule has 0 amide bonds. The summed E-state index contributed by atoms with van der Waals surface area (Å²) in [5, 5.41) is 8.80. The number of aliphatic carboxylic acids is 1. The van der Waals surface area contributed by atoms with E-state index in [0.717, 1.165) is 17.0 Å². The van der Waals surface area contributed by atoms with Gasteiger partial charge in [0.05, 0.1) is 19.1 Å². The van der Waals surface area contributed by atoms with E-state index in [0.29, 0.717) is 6.61 Å². The summed E-state index contributed by atoms with van der Waals surface area (Å²) in [7, 11) is 1.67. The van der Waals surface area contributed by atoms with Crippen LogP contribution in [0.2, 0.25) is 0 Å². The average Bonchev–Trinajstić information content (AvgIpc) is 2.41. The molecule has 0 fully saturated rings. The van der Waals surface area contributed by atoms with Crippen molar-refractivity contribution in [2.75, 3.05) is 13.7 Å². The van der Waals surface area contributed by atoms with Gasteiger partial charge in [-0.1, -0.05) is 0 Å². The van der Waals surface area contributed by atoms with Gasteiger partial charge in [-0.2, -0.15) is 0 Å². The minimum absolute atomic E-state index is 0.0827. The molecule has 1 N–H and O–H groups in total. The fourth-order valence-corrected chi connectivity index (χ4v) is 2.18. The van der Waals surface area contributed by atoms with E-state index in [9.17, 15) is 4.79 Å². The van der Waals surface area contributed by atoms with Gasteiger partial charge >= 0.3 is 5.97 Å². The van der Waals surface area contributed by atoms with Crippen molar-refractivity contribution in [3.8, 4) is 0 Å². The number of hydrogen-bond donors (Lipinski definition) is 1. The van der Waals surface area contributed by atoms with Crippen LogP contribution >= 0.6 is 0 Å². The molecule has 1 aromatic rings. The third-order valence-electron chi connectivity index (χ3n) is 2.78. The van der Waals surface area contributed by atoms with Gasteiger partial charge in [0.1, 0.15) is 0 Å². The van der Waals surface area contributed by atoms with Gasteiger partial charge in [-0.3, -0.25) is 4.79 Å². The lowest BCUT2D eigenvalue weighted by Gasteiger charge is -2.17. The zero-order valence-electron chi connectivity index (χ0n) is 10.3. The summed E-state index contributed by atoms with van der Waals surface area (Å²) in [6.07, 6.45) is 0.0827. The number of hydrogen-bond acceptors (Lipinski definition) is 2. The smallest absolute Gasteiger partial charge is 0.307 e. The Hall–Kier alpha value is -1.29. The molecule has 0 saturated heterocycles. The molecule has 1 aromatic heterocycles. The molecule has 0 aromatic carbocycles. The fourth-order valence-electron chi connectivity index (χ4n) is 2.18. The monoisotopic (exact) mass is 225 g/mol. The van der Waals surface area contributed by atoms with Crippen LogP contribution in [0.25, 0.3) is 0 Å². The van der Waals surface area contributed by atoms with E-state index in [1.807, 2.05) is 19.9 Å². The van der Waals surface area contributed by atoms with Crippen LogP contribution in [0.15, 0.2) is 6.07 Å². The Morgan fingerprint density at radius 3 is 2.69 bits per heavy atom. The molecule has 0 aliphatic heterocycles. The van der Waals surface area contributed by atoms with Crippen molar-refractivity contribution in [2.45, 2.75) is 33.2 Å². The first-order chi connectivity index (χ1) is 7.47. The Bertz CT molecular complexity index is 382. The van der Waals surface area contributed by atoms with Crippen LogP contribution in [0.4, 0.5) is 0 Å². The van der Waals surface area contributed by atoms with Crippen molar-refractivity contribution in [1.29, 1.82) is 0 Å². The van der Waals surface area contributed by atoms with Crippen molar-refractivity contribution >= 4 is 5.97 Å². The molecule has 1 heterocycles. The van der Waals surface area contributed by atoms with Gasteiger partial charge in [0.2, 0.25) is 0 Å². The number of aromatic nitrogens is 1. The maximum Gasteiger partial charge on any atom is 0.307 e. The molecule has 1 unspecified atom stereocenters. The number of carboxylic acids is 1. The number of aryl methyl sites for hydroxylation is 1. The first kappa shape index (κ1) is 12.8. The third kappa shape index (κ3) is 2.64. The normalized spacial score (nSPS) is 12.8. The number of carbonyl (C=O) groups is 1. The number of carboxylic acid groups (broad SMARTS) is 1.